The van der Waals surface area contributed by atoms with E-state index in [9.17, 15) is 0 Å². The highest BCUT2D eigenvalue weighted by Crippen LogP contribution is 2.30. The maximum absolute atomic E-state index is 5.60. The monoisotopic (exact) mass is 274 g/mol. The number of para-hydroxylation sites is 2. The number of ether oxygens (including phenoxy) is 1. The first-order valence-electron chi connectivity index (χ1n) is 5.46. The molecule has 1 aromatic carbocycles. The van der Waals surface area contributed by atoms with Gasteiger partial charge in [0.2, 0.25) is 11.8 Å². The van der Waals surface area contributed by atoms with Crippen molar-refractivity contribution in [3.8, 4) is 5.88 Å². The maximum atomic E-state index is 5.60. The molecule has 6 nitrogen and oxygen atoms in total. The first-order chi connectivity index (χ1) is 9.24. The van der Waals surface area contributed by atoms with Crippen LogP contribution in [0.2, 0.25) is 0 Å². The molecule has 3 aromatic rings. The number of nitrogens with two attached hydrogens (primary N) is 1. The molecule has 7 heteroatoms. The number of nitrogens with zero attached hydrogens (tertiary/aromatic N) is 3. The largest absolute Gasteiger partial charge is 0.481 e. The highest BCUT2D eigenvalue weighted by atomic mass is 32.2. The summed E-state index contributed by atoms with van der Waals surface area (Å²) in [6.45, 7) is 0. The van der Waals surface area contributed by atoms with Crippen LogP contribution in [0.15, 0.2) is 45.0 Å². The van der Waals surface area contributed by atoms with Crippen LogP contribution in [0, 0.1) is 0 Å². The molecule has 96 valence electrons. The van der Waals surface area contributed by atoms with Crippen LogP contribution in [0.5, 0.6) is 5.88 Å². The minimum atomic E-state index is 0.151. The minimum absolute atomic E-state index is 0.151. The predicted molar refractivity (Wildman–Crippen MR) is 71.1 cm³/mol. The van der Waals surface area contributed by atoms with Crippen molar-refractivity contribution < 1.29 is 9.15 Å². The van der Waals surface area contributed by atoms with Crippen molar-refractivity contribution >= 4 is 28.8 Å². The van der Waals surface area contributed by atoms with Crippen LogP contribution in [0.3, 0.4) is 0 Å². The molecule has 2 N–H and O–H groups in total. The van der Waals surface area contributed by atoms with Crippen molar-refractivity contribution in [3.05, 3.63) is 30.3 Å². The lowest BCUT2D eigenvalue weighted by atomic mass is 10.3. The molecule has 0 atom stereocenters. The quantitative estimate of drug-likeness (QED) is 0.733. The first kappa shape index (κ1) is 11.8. The van der Waals surface area contributed by atoms with E-state index in [1.807, 2.05) is 24.3 Å². The van der Waals surface area contributed by atoms with E-state index in [-0.39, 0.29) is 5.95 Å². The molecule has 0 aliphatic carbocycles. The molecule has 0 saturated carbocycles. The Balaban J connectivity index is 1.94. The number of hydrogen-bond donors (Lipinski definition) is 1. The fourth-order valence-corrected chi connectivity index (χ4v) is 2.32. The number of oxazole rings is 1. The zero-order valence-electron chi connectivity index (χ0n) is 10.0. The van der Waals surface area contributed by atoms with Gasteiger partial charge in [0.25, 0.3) is 5.22 Å². The van der Waals surface area contributed by atoms with E-state index in [0.29, 0.717) is 16.1 Å². The Kier molecular flexibility index (Phi) is 2.96. The van der Waals surface area contributed by atoms with Gasteiger partial charge in [-0.2, -0.15) is 4.98 Å². The van der Waals surface area contributed by atoms with Gasteiger partial charge in [0.05, 0.1) is 7.11 Å². The van der Waals surface area contributed by atoms with Crippen LogP contribution >= 0.6 is 11.8 Å². The zero-order valence-corrected chi connectivity index (χ0v) is 10.8. The van der Waals surface area contributed by atoms with Crippen molar-refractivity contribution in [1.29, 1.82) is 0 Å². The lowest BCUT2D eigenvalue weighted by Crippen LogP contribution is -1.98. The van der Waals surface area contributed by atoms with Crippen molar-refractivity contribution in [2.24, 2.45) is 0 Å². The molecule has 0 aliphatic rings. The minimum Gasteiger partial charge on any atom is -0.481 e. The van der Waals surface area contributed by atoms with Crippen LogP contribution in [0.4, 0.5) is 5.95 Å². The van der Waals surface area contributed by atoms with Crippen LogP contribution in [-0.2, 0) is 0 Å². The topological polar surface area (TPSA) is 87.1 Å². The SMILES string of the molecule is COc1cc(Sc2nc3ccccc3o2)nc(N)n1. The zero-order chi connectivity index (χ0) is 13.2. The standard InChI is InChI=1S/C12H10N4O2S/c1-17-9-6-10(16-11(13)15-9)19-12-14-7-4-2-3-5-8(7)18-12/h2-6H,1H3,(H2,13,15,16). The summed E-state index contributed by atoms with van der Waals surface area (Å²) in [5, 5.41) is 1.12. The van der Waals surface area contributed by atoms with E-state index >= 15 is 0 Å². The molecule has 0 amide bonds. The van der Waals surface area contributed by atoms with Crippen molar-refractivity contribution in [1.82, 2.24) is 15.0 Å². The second-order valence-corrected chi connectivity index (χ2v) is 4.63. The number of hydrogen-bond acceptors (Lipinski definition) is 7. The summed E-state index contributed by atoms with van der Waals surface area (Å²) in [6, 6.07) is 9.23. The van der Waals surface area contributed by atoms with Gasteiger partial charge in [-0.3, -0.25) is 0 Å². The number of nitrogen functional groups attached to an aromatic ring is 1. The Hall–Kier alpha value is -2.28. The summed E-state index contributed by atoms with van der Waals surface area (Å²) in [5.41, 5.74) is 7.14. The van der Waals surface area contributed by atoms with Crippen molar-refractivity contribution in [2.75, 3.05) is 12.8 Å². The van der Waals surface area contributed by atoms with E-state index in [1.165, 1.54) is 18.9 Å². The van der Waals surface area contributed by atoms with Gasteiger partial charge in [-0.15, -0.1) is 0 Å². The molecule has 3 rings (SSSR count). The molecule has 0 spiro atoms. The van der Waals surface area contributed by atoms with Gasteiger partial charge in [-0.25, -0.2) is 9.97 Å². The lowest BCUT2D eigenvalue weighted by molar-refractivity contribution is 0.396. The van der Waals surface area contributed by atoms with Gasteiger partial charge in [0.1, 0.15) is 10.5 Å². The molecule has 0 fully saturated rings. The molecule has 0 unspecified atom stereocenters. The summed E-state index contributed by atoms with van der Waals surface area (Å²) in [7, 11) is 1.52. The van der Waals surface area contributed by atoms with E-state index in [0.717, 1.165) is 11.1 Å². The Morgan fingerprint density at radius 2 is 2.05 bits per heavy atom. The van der Waals surface area contributed by atoms with Crippen LogP contribution < -0.4 is 10.5 Å². The maximum Gasteiger partial charge on any atom is 0.263 e. The van der Waals surface area contributed by atoms with Crippen molar-refractivity contribution in [3.63, 3.8) is 0 Å². The summed E-state index contributed by atoms with van der Waals surface area (Å²) >= 11 is 1.27. The highest BCUT2D eigenvalue weighted by Gasteiger charge is 2.10. The summed E-state index contributed by atoms with van der Waals surface area (Å²) < 4.78 is 10.6. The Labute approximate surface area is 113 Å². The molecule has 2 aromatic heterocycles. The molecule has 19 heavy (non-hydrogen) atoms. The number of aromatic nitrogens is 3. The summed E-state index contributed by atoms with van der Waals surface area (Å²) in [4.78, 5) is 12.4. The molecule has 0 saturated heterocycles. The third-order valence-corrected chi connectivity index (χ3v) is 3.14. The van der Waals surface area contributed by atoms with Gasteiger partial charge in [-0.1, -0.05) is 12.1 Å². The highest BCUT2D eigenvalue weighted by molar-refractivity contribution is 7.99. The Morgan fingerprint density at radius 1 is 1.21 bits per heavy atom. The third-order valence-electron chi connectivity index (χ3n) is 2.37. The molecule has 0 aliphatic heterocycles. The number of fused-ring (bicyclic) bond motifs is 1. The van der Waals surface area contributed by atoms with E-state index in [1.54, 1.807) is 6.07 Å². The van der Waals surface area contributed by atoms with Gasteiger partial charge >= 0.3 is 0 Å². The number of methoxy groups -OCH3 is 1. The fourth-order valence-electron chi connectivity index (χ4n) is 1.56. The lowest BCUT2D eigenvalue weighted by Gasteiger charge is -2.01. The normalized spacial score (nSPS) is 10.8. The second kappa shape index (κ2) is 4.77. The average Bonchev–Trinajstić information content (AvgIpc) is 2.80. The van der Waals surface area contributed by atoms with E-state index < -0.39 is 0 Å². The van der Waals surface area contributed by atoms with Gasteiger partial charge < -0.3 is 14.9 Å². The van der Waals surface area contributed by atoms with E-state index in [2.05, 4.69) is 15.0 Å². The molecular weight excluding hydrogens is 264 g/mol. The van der Waals surface area contributed by atoms with Gasteiger partial charge in [0, 0.05) is 6.07 Å². The number of benzene rings is 1. The van der Waals surface area contributed by atoms with Crippen LogP contribution in [0.1, 0.15) is 0 Å². The van der Waals surface area contributed by atoms with Crippen LogP contribution in [0.25, 0.3) is 11.1 Å². The van der Waals surface area contributed by atoms with E-state index in [4.69, 9.17) is 14.9 Å². The summed E-state index contributed by atoms with van der Waals surface area (Å²) in [6.07, 6.45) is 0. The van der Waals surface area contributed by atoms with Crippen molar-refractivity contribution in [2.45, 2.75) is 10.2 Å². The molecule has 0 bridgehead atoms. The molecule has 2 heterocycles. The second-order valence-electron chi connectivity index (χ2n) is 3.66. The summed E-state index contributed by atoms with van der Waals surface area (Å²) in [5.74, 6) is 0.559. The number of rotatable bonds is 3. The van der Waals surface area contributed by atoms with Gasteiger partial charge in [-0.05, 0) is 23.9 Å². The molecular formula is C12H10N4O2S. The fraction of sp³-hybridized carbons (Fsp3) is 0.0833. The average molecular weight is 274 g/mol. The predicted octanol–water partition coefficient (Wildman–Crippen LogP) is 2.36. The van der Waals surface area contributed by atoms with Crippen LogP contribution in [-0.4, -0.2) is 22.1 Å². The third kappa shape index (κ3) is 2.45. The first-order valence-corrected chi connectivity index (χ1v) is 6.28. The van der Waals surface area contributed by atoms with Gasteiger partial charge in [0.15, 0.2) is 5.58 Å². The smallest absolute Gasteiger partial charge is 0.263 e. The number of anilines is 1. The molecule has 0 radical (unpaired) electrons. The Bertz CT molecular complexity index is 696. The Morgan fingerprint density at radius 3 is 2.84 bits per heavy atom.